The molecule has 2 rings (SSSR count). The summed E-state index contributed by atoms with van der Waals surface area (Å²) in [5.74, 6) is -0.630. The van der Waals surface area contributed by atoms with Crippen molar-refractivity contribution in [2.45, 2.75) is 0 Å². The monoisotopic (exact) mass is 206 g/mol. The molecule has 14 heavy (non-hydrogen) atoms. The topological polar surface area (TPSA) is 25.8 Å². The molecule has 0 bridgehead atoms. The second-order valence-corrected chi connectivity index (χ2v) is 2.95. The van der Waals surface area contributed by atoms with Gasteiger partial charge in [0.25, 0.3) is 0 Å². The van der Waals surface area contributed by atoms with Crippen molar-refractivity contribution in [2.75, 3.05) is 0 Å². The van der Waals surface area contributed by atoms with E-state index in [1.165, 1.54) is 6.07 Å². The van der Waals surface area contributed by atoms with Gasteiger partial charge in [-0.3, -0.25) is 0 Å². The van der Waals surface area contributed by atoms with E-state index in [4.69, 9.17) is 11.6 Å². The number of nitrogens with zero attached hydrogens (tertiary/aromatic N) is 2. The highest BCUT2D eigenvalue weighted by Crippen LogP contribution is 2.24. The number of hydrogen-bond acceptors (Lipinski definition) is 2. The first-order valence-electron chi connectivity index (χ1n) is 3.84. The fourth-order valence-corrected chi connectivity index (χ4v) is 1.23. The van der Waals surface area contributed by atoms with Gasteiger partial charge in [-0.1, -0.05) is 17.7 Å². The summed E-state index contributed by atoms with van der Waals surface area (Å²) >= 11 is 5.79. The van der Waals surface area contributed by atoms with Crippen LogP contribution in [0.5, 0.6) is 0 Å². The van der Waals surface area contributed by atoms with Gasteiger partial charge in [0.05, 0.1) is 16.9 Å². The lowest BCUT2D eigenvalue weighted by Crippen LogP contribution is -1.88. The highest BCUT2D eigenvalue weighted by atomic mass is 35.5. The van der Waals surface area contributed by atoms with Crippen molar-refractivity contribution in [1.29, 1.82) is 0 Å². The molecule has 0 amide bonds. The van der Waals surface area contributed by atoms with Gasteiger partial charge < -0.3 is 0 Å². The molecule has 0 spiro atoms. The Balaban J connectivity index is 2.57. The molecule has 2 heterocycles. The third-order valence-electron chi connectivity index (χ3n) is 1.65. The largest absolute Gasteiger partial charge is 0.246 e. The summed E-state index contributed by atoms with van der Waals surface area (Å²) < 4.78 is 12.8. The predicted molar refractivity (Wildman–Crippen MR) is 50.1 cm³/mol. The molecule has 0 saturated carbocycles. The fraction of sp³-hybridized carbons (Fsp3) is 0. The SMILES string of the molecule is Fc1cc(-c2ccc[c]n2)c(Cl)[c]n1. The van der Waals surface area contributed by atoms with E-state index in [9.17, 15) is 4.39 Å². The van der Waals surface area contributed by atoms with Gasteiger partial charge in [0.1, 0.15) is 6.20 Å². The van der Waals surface area contributed by atoms with Crippen LogP contribution >= 0.6 is 11.6 Å². The van der Waals surface area contributed by atoms with Gasteiger partial charge in [-0.05, 0) is 12.1 Å². The van der Waals surface area contributed by atoms with E-state index in [2.05, 4.69) is 22.4 Å². The Bertz CT molecular complexity index is 445. The fourth-order valence-electron chi connectivity index (χ4n) is 1.04. The van der Waals surface area contributed by atoms with E-state index in [1.54, 1.807) is 18.2 Å². The van der Waals surface area contributed by atoms with E-state index < -0.39 is 5.95 Å². The Morgan fingerprint density at radius 2 is 2.21 bits per heavy atom. The molecule has 0 N–H and O–H groups in total. The summed E-state index contributed by atoms with van der Waals surface area (Å²) in [4.78, 5) is 7.23. The summed E-state index contributed by atoms with van der Waals surface area (Å²) in [5, 5.41) is 0.249. The maximum atomic E-state index is 12.8. The molecule has 2 radical (unpaired) electrons. The van der Waals surface area contributed by atoms with Crippen LogP contribution in [-0.2, 0) is 0 Å². The van der Waals surface area contributed by atoms with Crippen LogP contribution in [0.25, 0.3) is 11.3 Å². The first kappa shape index (κ1) is 9.09. The van der Waals surface area contributed by atoms with Gasteiger partial charge in [-0.25, -0.2) is 9.97 Å². The van der Waals surface area contributed by atoms with Crippen molar-refractivity contribution in [1.82, 2.24) is 9.97 Å². The zero-order valence-corrected chi connectivity index (χ0v) is 7.72. The quantitative estimate of drug-likeness (QED) is 0.670. The molecule has 0 unspecified atom stereocenters. The molecule has 2 aromatic heterocycles. The average molecular weight is 207 g/mol. The molecular weight excluding hydrogens is 203 g/mol. The molecule has 68 valence electrons. The summed E-state index contributed by atoms with van der Waals surface area (Å²) in [6.07, 6.45) is 4.99. The Morgan fingerprint density at radius 1 is 1.36 bits per heavy atom. The minimum atomic E-state index is -0.630. The van der Waals surface area contributed by atoms with Crippen molar-refractivity contribution in [3.05, 3.63) is 47.6 Å². The summed E-state index contributed by atoms with van der Waals surface area (Å²) in [6.45, 7) is 0. The minimum absolute atomic E-state index is 0.249. The molecule has 0 aromatic carbocycles. The van der Waals surface area contributed by atoms with E-state index in [1.807, 2.05) is 0 Å². The van der Waals surface area contributed by atoms with Crippen LogP contribution < -0.4 is 0 Å². The number of rotatable bonds is 1. The lowest BCUT2D eigenvalue weighted by molar-refractivity contribution is 0.583. The van der Waals surface area contributed by atoms with E-state index in [0.717, 1.165) is 0 Å². The van der Waals surface area contributed by atoms with Crippen LogP contribution in [0.1, 0.15) is 0 Å². The first-order valence-corrected chi connectivity index (χ1v) is 4.22. The Morgan fingerprint density at radius 3 is 2.93 bits per heavy atom. The van der Waals surface area contributed by atoms with Gasteiger partial charge in [-0.2, -0.15) is 4.39 Å². The lowest BCUT2D eigenvalue weighted by atomic mass is 10.2. The van der Waals surface area contributed by atoms with Crippen molar-refractivity contribution < 1.29 is 4.39 Å². The third kappa shape index (κ3) is 1.72. The van der Waals surface area contributed by atoms with Crippen LogP contribution in [0.15, 0.2) is 24.3 Å². The highest BCUT2D eigenvalue weighted by Gasteiger charge is 2.06. The van der Waals surface area contributed by atoms with Crippen molar-refractivity contribution in [3.63, 3.8) is 0 Å². The Labute approximate surface area is 85.4 Å². The predicted octanol–water partition coefficient (Wildman–Crippen LogP) is 2.54. The maximum absolute atomic E-state index is 12.8. The molecule has 2 nitrogen and oxygen atoms in total. The minimum Gasteiger partial charge on any atom is -0.246 e. The maximum Gasteiger partial charge on any atom is 0.214 e. The van der Waals surface area contributed by atoms with Gasteiger partial charge in [0.15, 0.2) is 0 Å². The van der Waals surface area contributed by atoms with Gasteiger partial charge in [-0.15, -0.1) is 0 Å². The molecule has 0 atom stereocenters. The molecule has 0 fully saturated rings. The zero-order valence-electron chi connectivity index (χ0n) is 6.96. The Hall–Kier alpha value is -1.48. The number of halogens is 2. The van der Waals surface area contributed by atoms with Crippen molar-refractivity contribution in [2.24, 2.45) is 0 Å². The van der Waals surface area contributed by atoms with E-state index >= 15 is 0 Å². The molecule has 2 aromatic rings. The van der Waals surface area contributed by atoms with Crippen LogP contribution in [-0.4, -0.2) is 9.97 Å². The zero-order chi connectivity index (χ0) is 9.97. The molecule has 0 aliphatic rings. The second-order valence-electron chi connectivity index (χ2n) is 2.57. The summed E-state index contributed by atoms with van der Waals surface area (Å²) in [6, 6.07) is 6.33. The van der Waals surface area contributed by atoms with Crippen LogP contribution in [0.4, 0.5) is 4.39 Å². The average Bonchev–Trinajstić information content (AvgIpc) is 2.23. The highest BCUT2D eigenvalue weighted by molar-refractivity contribution is 6.32. The second kappa shape index (κ2) is 3.72. The molecule has 0 saturated heterocycles. The van der Waals surface area contributed by atoms with Crippen LogP contribution in [0.2, 0.25) is 5.02 Å². The summed E-state index contributed by atoms with van der Waals surface area (Å²) in [5.41, 5.74) is 1.02. The molecular formula is C10H4ClFN2. The molecule has 0 aliphatic heterocycles. The van der Waals surface area contributed by atoms with E-state index in [-0.39, 0.29) is 5.02 Å². The first-order chi connectivity index (χ1) is 6.77. The number of aromatic nitrogens is 2. The molecule has 0 aliphatic carbocycles. The lowest BCUT2D eigenvalue weighted by Gasteiger charge is -2.01. The van der Waals surface area contributed by atoms with Crippen molar-refractivity contribution >= 4 is 11.6 Å². The smallest absolute Gasteiger partial charge is 0.214 e. The van der Waals surface area contributed by atoms with Crippen LogP contribution in [0.3, 0.4) is 0 Å². The van der Waals surface area contributed by atoms with E-state index in [0.29, 0.717) is 11.3 Å². The van der Waals surface area contributed by atoms with Gasteiger partial charge in [0, 0.05) is 11.6 Å². The molecule has 4 heteroatoms. The summed E-state index contributed by atoms with van der Waals surface area (Å²) in [7, 11) is 0. The van der Waals surface area contributed by atoms with Gasteiger partial charge >= 0.3 is 0 Å². The van der Waals surface area contributed by atoms with Gasteiger partial charge in [0.2, 0.25) is 5.95 Å². The third-order valence-corrected chi connectivity index (χ3v) is 1.93. The number of pyridine rings is 2. The Kier molecular flexibility index (Phi) is 2.41. The van der Waals surface area contributed by atoms with Crippen molar-refractivity contribution in [3.8, 4) is 11.3 Å². The standard InChI is InChI=1S/C10H4ClFN2/c11-8-6-14-10(12)5-7(8)9-3-1-2-4-13-9/h1-3,5H. The number of hydrogen-bond donors (Lipinski definition) is 0. The normalized spacial score (nSPS) is 10.1. The van der Waals surface area contributed by atoms with Crippen LogP contribution in [0, 0.1) is 18.3 Å².